The van der Waals surface area contributed by atoms with Crippen LogP contribution in [-0.4, -0.2) is 51.5 Å². The number of ether oxygens (including phenoxy) is 1. The summed E-state index contributed by atoms with van der Waals surface area (Å²) in [5.74, 6) is 1.40. The summed E-state index contributed by atoms with van der Waals surface area (Å²) in [7, 11) is 1.59. The van der Waals surface area contributed by atoms with E-state index in [1.165, 1.54) is 0 Å². The van der Waals surface area contributed by atoms with Gasteiger partial charge < -0.3 is 14.2 Å². The first kappa shape index (κ1) is 15.6. The van der Waals surface area contributed by atoms with E-state index in [0.29, 0.717) is 42.8 Å². The van der Waals surface area contributed by atoms with Crippen molar-refractivity contribution in [3.05, 3.63) is 23.1 Å². The largest absolute Gasteiger partial charge is 0.377 e. The molecule has 0 spiro atoms. The molecule has 2 aromatic heterocycles. The molecule has 0 radical (unpaired) electrons. The molecule has 23 heavy (non-hydrogen) atoms. The van der Waals surface area contributed by atoms with E-state index in [1.54, 1.807) is 14.0 Å². The molecule has 0 aliphatic carbocycles. The van der Waals surface area contributed by atoms with Crippen molar-refractivity contribution in [2.24, 2.45) is 0 Å². The minimum atomic E-state index is 0.0350. The maximum atomic E-state index is 12.3. The summed E-state index contributed by atoms with van der Waals surface area (Å²) < 4.78 is 14.9. The average Bonchev–Trinajstić information content (AvgIpc) is 3.18. The number of rotatable bonds is 5. The summed E-state index contributed by atoms with van der Waals surface area (Å²) in [5.41, 5.74) is 1.25. The molecule has 124 valence electrons. The highest BCUT2D eigenvalue weighted by Gasteiger charge is 2.28. The third kappa shape index (κ3) is 3.55. The first-order chi connectivity index (χ1) is 11.2. The number of hydrogen-bond acceptors (Lipinski definition) is 8. The number of nitrogens with zero attached hydrogens (tertiary/aromatic N) is 5. The van der Waals surface area contributed by atoms with Crippen molar-refractivity contribution in [2.45, 2.75) is 38.7 Å². The van der Waals surface area contributed by atoms with Gasteiger partial charge in [0.25, 0.3) is 0 Å². The molecule has 0 atom stereocenters. The number of aryl methyl sites for hydroxylation is 1. The fourth-order valence-electron chi connectivity index (χ4n) is 2.66. The fourth-order valence-corrected chi connectivity index (χ4v) is 2.66. The van der Waals surface area contributed by atoms with Gasteiger partial charge in [-0.3, -0.25) is 4.79 Å². The molecule has 0 saturated carbocycles. The molecule has 2 aromatic rings. The van der Waals surface area contributed by atoms with Crippen molar-refractivity contribution in [3.8, 4) is 0 Å². The van der Waals surface area contributed by atoms with E-state index >= 15 is 0 Å². The van der Waals surface area contributed by atoms with Crippen molar-refractivity contribution in [3.63, 3.8) is 0 Å². The van der Waals surface area contributed by atoms with Crippen LogP contribution in [0.5, 0.6) is 0 Å². The minimum absolute atomic E-state index is 0.0350. The van der Waals surface area contributed by atoms with Gasteiger partial charge in [-0.25, -0.2) is 4.63 Å². The second-order valence-electron chi connectivity index (χ2n) is 5.61. The molecule has 0 unspecified atom stereocenters. The number of piperidine rings is 1. The third-order valence-corrected chi connectivity index (χ3v) is 4.02. The molecular weight excluding hydrogens is 302 g/mol. The zero-order valence-electron chi connectivity index (χ0n) is 13.2. The molecule has 0 bridgehead atoms. The first-order valence-electron chi connectivity index (χ1n) is 7.54. The Kier molecular flexibility index (Phi) is 4.65. The number of carbonyl (C=O) groups excluding carboxylic acids is 1. The van der Waals surface area contributed by atoms with Gasteiger partial charge in [0, 0.05) is 26.1 Å². The summed E-state index contributed by atoms with van der Waals surface area (Å²) in [6.07, 6.45) is 1.82. The van der Waals surface area contributed by atoms with E-state index in [2.05, 4.69) is 25.1 Å². The van der Waals surface area contributed by atoms with Crippen molar-refractivity contribution in [1.29, 1.82) is 0 Å². The van der Waals surface area contributed by atoms with Gasteiger partial charge in [0.1, 0.15) is 18.0 Å². The zero-order valence-corrected chi connectivity index (χ0v) is 13.2. The second-order valence-corrected chi connectivity index (χ2v) is 5.61. The summed E-state index contributed by atoms with van der Waals surface area (Å²) in [6.45, 7) is 3.44. The lowest BCUT2D eigenvalue weighted by atomic mass is 9.96. The Morgan fingerprint density at radius 2 is 2.09 bits per heavy atom. The van der Waals surface area contributed by atoms with Crippen LogP contribution in [-0.2, 0) is 22.6 Å². The predicted molar refractivity (Wildman–Crippen MR) is 76.3 cm³/mol. The van der Waals surface area contributed by atoms with E-state index in [9.17, 15) is 4.79 Å². The van der Waals surface area contributed by atoms with Gasteiger partial charge in [0.15, 0.2) is 5.82 Å². The van der Waals surface area contributed by atoms with Crippen molar-refractivity contribution in [2.75, 3.05) is 20.2 Å². The van der Waals surface area contributed by atoms with Crippen LogP contribution in [0.4, 0.5) is 0 Å². The summed E-state index contributed by atoms with van der Waals surface area (Å²) >= 11 is 0. The van der Waals surface area contributed by atoms with Crippen LogP contribution in [0.15, 0.2) is 9.15 Å². The predicted octanol–water partition coefficient (Wildman–Crippen LogP) is 0.856. The van der Waals surface area contributed by atoms with Crippen LogP contribution >= 0.6 is 0 Å². The molecule has 9 heteroatoms. The molecule has 1 fully saturated rings. The van der Waals surface area contributed by atoms with Gasteiger partial charge in [-0.05, 0) is 19.8 Å². The van der Waals surface area contributed by atoms with Crippen LogP contribution in [0.2, 0.25) is 0 Å². The monoisotopic (exact) mass is 321 g/mol. The molecular formula is C14H19N5O4. The molecule has 9 nitrogen and oxygen atoms in total. The van der Waals surface area contributed by atoms with Crippen molar-refractivity contribution < 1.29 is 18.7 Å². The van der Waals surface area contributed by atoms with E-state index < -0.39 is 0 Å². The van der Waals surface area contributed by atoms with E-state index in [0.717, 1.165) is 12.8 Å². The Labute approximate surface area is 132 Å². The number of methoxy groups -OCH3 is 1. The van der Waals surface area contributed by atoms with Gasteiger partial charge in [0.05, 0.1) is 6.42 Å². The topological polar surface area (TPSA) is 107 Å². The highest BCUT2D eigenvalue weighted by Crippen LogP contribution is 2.27. The standard InChI is InChI=1S/C14H19N5O4/c1-9-11(17-23-16-9)7-13(20)19-5-3-10(4-6-19)14-15-12(8-21-2)18-22-14/h10H,3-8H2,1-2H3. The lowest BCUT2D eigenvalue weighted by Gasteiger charge is -2.30. The van der Waals surface area contributed by atoms with Crippen LogP contribution in [0, 0.1) is 6.92 Å². The summed E-state index contributed by atoms with van der Waals surface area (Å²) in [5, 5.41) is 11.3. The highest BCUT2D eigenvalue weighted by molar-refractivity contribution is 5.78. The van der Waals surface area contributed by atoms with E-state index in [-0.39, 0.29) is 18.2 Å². The van der Waals surface area contributed by atoms with E-state index in [1.807, 2.05) is 4.90 Å². The summed E-state index contributed by atoms with van der Waals surface area (Å²) in [6, 6.07) is 0. The molecule has 3 heterocycles. The Balaban J connectivity index is 1.53. The Morgan fingerprint density at radius 3 is 2.74 bits per heavy atom. The number of likely N-dealkylation sites (tertiary alicyclic amines) is 1. The zero-order chi connectivity index (χ0) is 16.2. The first-order valence-corrected chi connectivity index (χ1v) is 7.54. The lowest BCUT2D eigenvalue weighted by Crippen LogP contribution is -2.39. The Morgan fingerprint density at radius 1 is 1.30 bits per heavy atom. The van der Waals surface area contributed by atoms with Crippen molar-refractivity contribution in [1.82, 2.24) is 25.4 Å². The van der Waals surface area contributed by atoms with Crippen LogP contribution in [0.25, 0.3) is 0 Å². The molecule has 0 aromatic carbocycles. The molecule has 1 aliphatic rings. The number of hydrogen-bond donors (Lipinski definition) is 0. The van der Waals surface area contributed by atoms with Crippen LogP contribution in [0.3, 0.4) is 0 Å². The third-order valence-electron chi connectivity index (χ3n) is 4.02. The quantitative estimate of drug-likeness (QED) is 0.798. The highest BCUT2D eigenvalue weighted by atomic mass is 16.6. The number of amides is 1. The Bertz CT molecular complexity index is 660. The average molecular weight is 321 g/mol. The molecule has 1 amide bonds. The SMILES string of the molecule is COCc1noc(C2CCN(C(=O)Cc3nonc3C)CC2)n1. The molecule has 1 aliphatic heterocycles. The van der Waals surface area contributed by atoms with Crippen LogP contribution in [0.1, 0.15) is 41.9 Å². The van der Waals surface area contributed by atoms with Gasteiger partial charge in [-0.1, -0.05) is 15.5 Å². The normalized spacial score (nSPS) is 16.0. The van der Waals surface area contributed by atoms with Gasteiger partial charge in [-0.2, -0.15) is 4.98 Å². The van der Waals surface area contributed by atoms with Crippen LogP contribution < -0.4 is 0 Å². The number of carbonyl (C=O) groups is 1. The van der Waals surface area contributed by atoms with Crippen molar-refractivity contribution >= 4 is 5.91 Å². The molecule has 0 N–H and O–H groups in total. The van der Waals surface area contributed by atoms with Gasteiger partial charge >= 0.3 is 0 Å². The smallest absolute Gasteiger partial charge is 0.229 e. The van der Waals surface area contributed by atoms with Gasteiger partial charge in [-0.15, -0.1) is 0 Å². The Hall–Kier alpha value is -2.29. The number of aromatic nitrogens is 4. The molecule has 3 rings (SSSR count). The van der Waals surface area contributed by atoms with Gasteiger partial charge in [0.2, 0.25) is 11.8 Å². The molecule has 1 saturated heterocycles. The summed E-state index contributed by atoms with van der Waals surface area (Å²) in [4.78, 5) is 18.5. The fraction of sp³-hybridized carbons (Fsp3) is 0.643. The second kappa shape index (κ2) is 6.86. The maximum Gasteiger partial charge on any atom is 0.229 e. The lowest BCUT2D eigenvalue weighted by molar-refractivity contribution is -0.131. The maximum absolute atomic E-state index is 12.3. The minimum Gasteiger partial charge on any atom is -0.377 e. The van der Waals surface area contributed by atoms with E-state index in [4.69, 9.17) is 9.26 Å².